The number of hydrogen-bond donors (Lipinski definition) is 0. The topological polar surface area (TPSA) is 30.0 Å². The van der Waals surface area contributed by atoms with Crippen LogP contribution in [0.15, 0.2) is 36.5 Å². The first-order valence-corrected chi connectivity index (χ1v) is 5.59. The number of aromatic nitrogens is 1. The molecular weight excluding hydrogens is 210 g/mol. The molecule has 0 aliphatic rings. The molecule has 2 aromatic rings. The van der Waals surface area contributed by atoms with E-state index in [0.717, 1.165) is 10.8 Å². The Morgan fingerprint density at radius 3 is 2.94 bits per heavy atom. The van der Waals surface area contributed by atoms with Crippen LogP contribution in [0.25, 0.3) is 10.8 Å². The van der Waals surface area contributed by atoms with Crippen molar-refractivity contribution < 1.29 is 4.79 Å². The first-order valence-electron chi connectivity index (χ1n) is 5.59. The van der Waals surface area contributed by atoms with Crippen LogP contribution in [-0.2, 0) is 0 Å². The molecule has 0 radical (unpaired) electrons. The van der Waals surface area contributed by atoms with E-state index in [1.165, 1.54) is 0 Å². The van der Waals surface area contributed by atoms with Crippen molar-refractivity contribution >= 4 is 16.6 Å². The van der Waals surface area contributed by atoms with Gasteiger partial charge in [-0.3, -0.25) is 9.78 Å². The molecule has 0 unspecified atom stereocenters. The molecule has 0 atom stereocenters. The van der Waals surface area contributed by atoms with Gasteiger partial charge < -0.3 is 0 Å². The maximum Gasteiger partial charge on any atom is 0.182 e. The maximum atomic E-state index is 12.0. The molecule has 0 fully saturated rings. The highest BCUT2D eigenvalue weighted by Gasteiger charge is 2.10. The minimum absolute atomic E-state index is 0.0598. The van der Waals surface area contributed by atoms with E-state index in [9.17, 15) is 4.79 Å². The molecule has 0 saturated carbocycles. The van der Waals surface area contributed by atoms with Crippen molar-refractivity contribution in [2.45, 2.75) is 19.8 Å². The van der Waals surface area contributed by atoms with Crippen LogP contribution in [0.2, 0.25) is 0 Å². The highest BCUT2D eigenvalue weighted by Crippen LogP contribution is 2.17. The van der Waals surface area contributed by atoms with Crippen molar-refractivity contribution in [2.24, 2.45) is 0 Å². The molecule has 0 bridgehead atoms. The van der Waals surface area contributed by atoms with E-state index < -0.39 is 0 Å². The van der Waals surface area contributed by atoms with Crippen molar-refractivity contribution in [2.75, 3.05) is 0 Å². The van der Waals surface area contributed by atoms with Gasteiger partial charge in [-0.1, -0.05) is 24.3 Å². The highest BCUT2D eigenvalue weighted by molar-refractivity contribution is 6.06. The number of hydrogen-bond acceptors (Lipinski definition) is 2. The summed E-state index contributed by atoms with van der Waals surface area (Å²) in [5.74, 6) is 5.75. The van der Waals surface area contributed by atoms with Crippen LogP contribution in [0.1, 0.15) is 30.3 Å². The number of carbonyl (C=O) groups excluding carboxylic acids is 1. The second-order valence-corrected chi connectivity index (χ2v) is 3.73. The molecule has 84 valence electrons. The van der Waals surface area contributed by atoms with Crippen molar-refractivity contribution in [3.8, 4) is 11.8 Å². The number of Topliss-reactive ketones (excluding diaryl/α,β-unsaturated/α-hetero) is 1. The van der Waals surface area contributed by atoms with Gasteiger partial charge >= 0.3 is 0 Å². The number of ketones is 1. The molecule has 0 amide bonds. The number of benzene rings is 1. The second-order valence-electron chi connectivity index (χ2n) is 3.73. The molecule has 0 spiro atoms. The molecule has 2 heteroatoms. The minimum atomic E-state index is 0.0598. The van der Waals surface area contributed by atoms with E-state index in [2.05, 4.69) is 16.8 Å². The van der Waals surface area contributed by atoms with Gasteiger partial charge in [-0.15, -0.1) is 11.8 Å². The quantitative estimate of drug-likeness (QED) is 0.590. The molecule has 2 nitrogen and oxygen atoms in total. The SMILES string of the molecule is CC#CCCC(=O)c1nccc2ccccc12. The predicted octanol–water partition coefficient (Wildman–Crippen LogP) is 3.22. The van der Waals surface area contributed by atoms with Crippen LogP contribution >= 0.6 is 0 Å². The molecular formula is C15H13NO. The van der Waals surface area contributed by atoms with Crippen LogP contribution in [0.3, 0.4) is 0 Å². The van der Waals surface area contributed by atoms with Crippen molar-refractivity contribution in [3.05, 3.63) is 42.2 Å². The van der Waals surface area contributed by atoms with Gasteiger partial charge in [0.05, 0.1) is 0 Å². The molecule has 0 aliphatic heterocycles. The summed E-state index contributed by atoms with van der Waals surface area (Å²) in [5, 5.41) is 1.97. The van der Waals surface area contributed by atoms with Crippen LogP contribution in [0.4, 0.5) is 0 Å². The zero-order valence-corrected chi connectivity index (χ0v) is 9.73. The Balaban J connectivity index is 2.34. The van der Waals surface area contributed by atoms with Gasteiger partial charge in [0.2, 0.25) is 0 Å². The van der Waals surface area contributed by atoms with Gasteiger partial charge in [0.1, 0.15) is 5.69 Å². The Morgan fingerprint density at radius 2 is 2.12 bits per heavy atom. The average Bonchev–Trinajstić information content (AvgIpc) is 2.38. The summed E-state index contributed by atoms with van der Waals surface area (Å²) in [6, 6.07) is 9.71. The molecule has 0 N–H and O–H groups in total. The van der Waals surface area contributed by atoms with Crippen molar-refractivity contribution in [1.82, 2.24) is 4.98 Å². The Hall–Kier alpha value is -2.14. The van der Waals surface area contributed by atoms with Gasteiger partial charge in [0.15, 0.2) is 5.78 Å². The highest BCUT2D eigenvalue weighted by atomic mass is 16.1. The van der Waals surface area contributed by atoms with Gasteiger partial charge in [0.25, 0.3) is 0 Å². The Morgan fingerprint density at radius 1 is 1.29 bits per heavy atom. The second kappa shape index (κ2) is 5.27. The first-order chi connectivity index (χ1) is 8.33. The average molecular weight is 223 g/mol. The lowest BCUT2D eigenvalue weighted by atomic mass is 10.0. The van der Waals surface area contributed by atoms with Crippen LogP contribution in [0.5, 0.6) is 0 Å². The monoisotopic (exact) mass is 223 g/mol. The minimum Gasteiger partial charge on any atom is -0.292 e. The van der Waals surface area contributed by atoms with E-state index in [1.54, 1.807) is 13.1 Å². The zero-order valence-electron chi connectivity index (χ0n) is 9.73. The molecule has 1 heterocycles. The summed E-state index contributed by atoms with van der Waals surface area (Å²) in [6.45, 7) is 1.78. The molecule has 0 saturated heterocycles. The maximum absolute atomic E-state index is 12.0. The van der Waals surface area contributed by atoms with Crippen LogP contribution < -0.4 is 0 Å². The molecule has 1 aromatic heterocycles. The fourth-order valence-electron chi connectivity index (χ4n) is 1.76. The third-order valence-corrected chi connectivity index (χ3v) is 2.59. The standard InChI is InChI=1S/C15H13NO/c1-2-3-4-9-14(17)15-13-8-6-5-7-12(13)10-11-16-15/h5-8,10-11H,4,9H2,1H3. The van der Waals surface area contributed by atoms with Gasteiger partial charge in [-0.05, 0) is 18.4 Å². The lowest BCUT2D eigenvalue weighted by molar-refractivity contribution is 0.0981. The summed E-state index contributed by atoms with van der Waals surface area (Å²) in [5.41, 5.74) is 0.556. The summed E-state index contributed by atoms with van der Waals surface area (Å²) in [7, 11) is 0. The van der Waals surface area contributed by atoms with Crippen molar-refractivity contribution in [3.63, 3.8) is 0 Å². The van der Waals surface area contributed by atoms with Crippen molar-refractivity contribution in [1.29, 1.82) is 0 Å². The van der Waals surface area contributed by atoms with Gasteiger partial charge in [-0.2, -0.15) is 0 Å². The van der Waals surface area contributed by atoms with E-state index >= 15 is 0 Å². The Labute approximate surface area is 101 Å². The Bertz CT molecular complexity index is 600. The van der Waals surface area contributed by atoms with E-state index in [-0.39, 0.29) is 5.78 Å². The fourth-order valence-corrected chi connectivity index (χ4v) is 1.76. The smallest absolute Gasteiger partial charge is 0.182 e. The molecule has 1 aromatic carbocycles. The number of pyridine rings is 1. The molecule has 17 heavy (non-hydrogen) atoms. The lowest BCUT2D eigenvalue weighted by Crippen LogP contribution is -2.02. The third kappa shape index (κ3) is 2.51. The number of nitrogens with zero attached hydrogens (tertiary/aromatic N) is 1. The lowest BCUT2D eigenvalue weighted by Gasteiger charge is -2.03. The first kappa shape index (κ1) is 11.3. The number of rotatable bonds is 3. The zero-order chi connectivity index (χ0) is 12.1. The van der Waals surface area contributed by atoms with E-state index in [0.29, 0.717) is 18.5 Å². The van der Waals surface area contributed by atoms with Crippen LogP contribution in [-0.4, -0.2) is 10.8 Å². The summed E-state index contributed by atoms with van der Waals surface area (Å²) in [4.78, 5) is 16.2. The summed E-state index contributed by atoms with van der Waals surface area (Å²) in [6.07, 6.45) is 2.71. The largest absolute Gasteiger partial charge is 0.292 e. The predicted molar refractivity (Wildman–Crippen MR) is 68.8 cm³/mol. The van der Waals surface area contributed by atoms with Crippen LogP contribution in [0, 0.1) is 11.8 Å². The summed E-state index contributed by atoms with van der Waals surface area (Å²) < 4.78 is 0. The van der Waals surface area contributed by atoms with Gasteiger partial charge in [0, 0.05) is 24.4 Å². The normalized spacial score (nSPS) is 9.71. The third-order valence-electron chi connectivity index (χ3n) is 2.59. The summed E-state index contributed by atoms with van der Waals surface area (Å²) >= 11 is 0. The molecule has 0 aliphatic carbocycles. The number of fused-ring (bicyclic) bond motifs is 1. The van der Waals surface area contributed by atoms with E-state index in [4.69, 9.17) is 0 Å². The number of carbonyl (C=O) groups is 1. The Kier molecular flexibility index (Phi) is 3.52. The van der Waals surface area contributed by atoms with E-state index in [1.807, 2.05) is 30.3 Å². The van der Waals surface area contributed by atoms with Gasteiger partial charge in [-0.25, -0.2) is 0 Å². The fraction of sp³-hybridized carbons (Fsp3) is 0.200. The molecule has 2 rings (SSSR count).